The molecule has 1 aliphatic heterocycles. The summed E-state index contributed by atoms with van der Waals surface area (Å²) in [6.07, 6.45) is 0. The van der Waals surface area contributed by atoms with E-state index in [1.54, 1.807) is 20.8 Å². The number of Topliss-reactive ketones (excluding diaryl/α,β-unsaturated/α-hetero) is 2. The highest BCUT2D eigenvalue weighted by Gasteiger charge is 2.26. The van der Waals surface area contributed by atoms with Gasteiger partial charge in [-0.25, -0.2) is 4.79 Å². The molecule has 0 saturated carbocycles. The first-order valence-electron chi connectivity index (χ1n) is 10.1. The molecule has 3 rings (SSSR count). The van der Waals surface area contributed by atoms with Gasteiger partial charge in [0.05, 0.1) is 0 Å². The Hall–Kier alpha value is -2.62. The van der Waals surface area contributed by atoms with Crippen LogP contribution in [0, 0.1) is 27.7 Å². The molecular formula is C22H32Cl2N4O5. The normalized spacial score (nSPS) is 11.6. The number of hydrogen-bond acceptors (Lipinski definition) is 5. The van der Waals surface area contributed by atoms with Crippen LogP contribution in [0.3, 0.4) is 0 Å². The molecule has 0 fully saturated rings. The highest BCUT2D eigenvalue weighted by atomic mass is 35.5. The van der Waals surface area contributed by atoms with Crippen molar-refractivity contribution in [1.82, 2.24) is 14.9 Å². The summed E-state index contributed by atoms with van der Waals surface area (Å²) in [4.78, 5) is 47.6. The molecule has 0 bridgehead atoms. The zero-order valence-electron chi connectivity index (χ0n) is 19.7. The topological polar surface area (TPSA) is 147 Å². The third-order valence-electron chi connectivity index (χ3n) is 5.07. The van der Waals surface area contributed by atoms with Crippen LogP contribution >= 0.6 is 24.0 Å². The number of nitrogens with two attached hydrogens (primary N) is 1. The van der Waals surface area contributed by atoms with Gasteiger partial charge in [0.1, 0.15) is 11.4 Å². The number of aryl methyl sites for hydroxylation is 1. The van der Waals surface area contributed by atoms with E-state index in [0.29, 0.717) is 47.0 Å². The number of hydrogen-bond donors (Lipinski definition) is 4. The average Bonchev–Trinajstić information content (AvgIpc) is 3.16. The number of H-pyrrole nitrogens is 1. The molecule has 3 heterocycles. The Morgan fingerprint density at radius 2 is 1.58 bits per heavy atom. The number of aromatic carboxylic acids is 1. The second kappa shape index (κ2) is 13.2. The van der Waals surface area contributed by atoms with Crippen LogP contribution in [0.25, 0.3) is 0 Å². The van der Waals surface area contributed by atoms with E-state index in [1.807, 2.05) is 18.4 Å². The summed E-state index contributed by atoms with van der Waals surface area (Å²) in [6.45, 7) is 12.0. The molecule has 0 atom stereocenters. The molecule has 1 aliphatic rings. The highest BCUT2D eigenvalue weighted by Crippen LogP contribution is 2.24. The van der Waals surface area contributed by atoms with Crippen molar-refractivity contribution in [3.63, 3.8) is 0 Å². The molecule has 0 spiro atoms. The van der Waals surface area contributed by atoms with Gasteiger partial charge in [0.15, 0.2) is 11.6 Å². The Labute approximate surface area is 204 Å². The summed E-state index contributed by atoms with van der Waals surface area (Å²) in [6, 6.07) is 0. The second-order valence-electron chi connectivity index (χ2n) is 7.36. The van der Waals surface area contributed by atoms with E-state index < -0.39 is 5.97 Å². The molecular weight excluding hydrogens is 471 g/mol. The number of fused-ring (bicyclic) bond motifs is 1. The van der Waals surface area contributed by atoms with E-state index in [4.69, 9.17) is 22.4 Å². The van der Waals surface area contributed by atoms with Gasteiger partial charge in [-0.15, -0.1) is 24.0 Å². The Kier molecular flexibility index (Phi) is 12.1. The first-order valence-corrected chi connectivity index (χ1v) is 10.6. The lowest BCUT2D eigenvalue weighted by molar-refractivity contribution is 0.0689. The average molecular weight is 503 g/mol. The Balaban J connectivity index is 0.000000526. The van der Waals surface area contributed by atoms with Crippen LogP contribution in [0.1, 0.15) is 78.1 Å². The Morgan fingerprint density at radius 1 is 1.06 bits per heavy atom. The number of alkyl halides is 1. The zero-order valence-corrected chi connectivity index (χ0v) is 21.3. The fraction of sp³-hybridized carbons (Fsp3) is 0.455. The zero-order chi connectivity index (χ0) is 24.7. The second-order valence-corrected chi connectivity index (χ2v) is 7.74. The van der Waals surface area contributed by atoms with E-state index >= 15 is 0 Å². The van der Waals surface area contributed by atoms with Crippen LogP contribution in [0.5, 0.6) is 0 Å². The number of aromatic nitrogens is 2. The number of ketones is 2. The monoisotopic (exact) mass is 502 g/mol. The smallest absolute Gasteiger partial charge is 0.352 e. The summed E-state index contributed by atoms with van der Waals surface area (Å²) in [5, 5.41) is 11.5. The lowest BCUT2D eigenvalue weighted by Gasteiger charge is -2.17. The van der Waals surface area contributed by atoms with E-state index in [0.717, 1.165) is 17.8 Å². The van der Waals surface area contributed by atoms with Crippen molar-refractivity contribution in [3.8, 4) is 0 Å². The predicted molar refractivity (Wildman–Crippen MR) is 130 cm³/mol. The number of carbonyl (C=O) groups is 4. The van der Waals surface area contributed by atoms with Gasteiger partial charge in [0.2, 0.25) is 0 Å². The molecule has 33 heavy (non-hydrogen) atoms. The van der Waals surface area contributed by atoms with Gasteiger partial charge in [0.25, 0.3) is 5.91 Å². The van der Waals surface area contributed by atoms with Crippen molar-refractivity contribution in [2.75, 3.05) is 19.0 Å². The number of aromatic amines is 1. The number of nitrogens with zero attached hydrogens (tertiary/aromatic N) is 1. The van der Waals surface area contributed by atoms with Crippen molar-refractivity contribution in [3.05, 3.63) is 45.0 Å². The van der Waals surface area contributed by atoms with E-state index in [1.165, 1.54) is 6.92 Å². The first-order chi connectivity index (χ1) is 14.9. The summed E-state index contributed by atoms with van der Waals surface area (Å²) >= 11 is 5.06. The molecule has 0 aliphatic carbocycles. The molecule has 0 aromatic carbocycles. The van der Waals surface area contributed by atoms with Crippen LogP contribution in [-0.2, 0) is 6.54 Å². The number of amides is 1. The number of nitrogens with one attached hydrogen (secondary N) is 2. The molecule has 2 aromatic heterocycles. The molecule has 9 nitrogen and oxygen atoms in total. The van der Waals surface area contributed by atoms with Gasteiger partial charge >= 0.3 is 5.97 Å². The minimum Gasteiger partial charge on any atom is -0.477 e. The Bertz CT molecular complexity index is 1040. The van der Waals surface area contributed by atoms with E-state index in [2.05, 4.69) is 10.3 Å². The number of carboxylic acid groups (broad SMARTS) is 1. The van der Waals surface area contributed by atoms with Crippen LogP contribution in [0.2, 0.25) is 0 Å². The molecule has 11 heteroatoms. The lowest BCUT2D eigenvalue weighted by Crippen LogP contribution is -2.35. The van der Waals surface area contributed by atoms with Crippen LogP contribution in [-0.4, -0.2) is 57.1 Å². The summed E-state index contributed by atoms with van der Waals surface area (Å²) < 4.78 is 1.94. The molecule has 0 saturated heterocycles. The quantitative estimate of drug-likeness (QED) is 0.372. The van der Waals surface area contributed by atoms with Crippen molar-refractivity contribution >= 4 is 47.5 Å². The van der Waals surface area contributed by atoms with Gasteiger partial charge in [-0.2, -0.15) is 0 Å². The third-order valence-corrected chi connectivity index (χ3v) is 5.29. The van der Waals surface area contributed by atoms with Crippen LogP contribution in [0.4, 0.5) is 0 Å². The van der Waals surface area contributed by atoms with Gasteiger partial charge in [-0.05, 0) is 52.7 Å². The maximum absolute atomic E-state index is 11.7. The minimum absolute atomic E-state index is 0. The van der Waals surface area contributed by atoms with Gasteiger partial charge in [0, 0.05) is 48.0 Å². The molecule has 1 amide bonds. The lowest BCUT2D eigenvalue weighted by atomic mass is 10.1. The maximum Gasteiger partial charge on any atom is 0.352 e. The highest BCUT2D eigenvalue weighted by molar-refractivity contribution is 6.18. The van der Waals surface area contributed by atoms with E-state index in [9.17, 15) is 19.2 Å². The fourth-order valence-corrected chi connectivity index (χ4v) is 3.84. The largest absolute Gasteiger partial charge is 0.477 e. The number of carbonyl (C=O) groups excluding carboxylic acids is 3. The molecule has 0 unspecified atom stereocenters. The van der Waals surface area contributed by atoms with Crippen molar-refractivity contribution in [2.45, 2.75) is 48.1 Å². The Morgan fingerprint density at radius 3 is 1.91 bits per heavy atom. The van der Waals surface area contributed by atoms with Crippen molar-refractivity contribution < 1.29 is 24.3 Å². The predicted octanol–water partition coefficient (Wildman–Crippen LogP) is 3.19. The van der Waals surface area contributed by atoms with Gasteiger partial charge in [-0.3, -0.25) is 14.4 Å². The molecule has 5 N–H and O–H groups in total. The standard InChI is InChI=1S/C11H14N2O2.C9H11NO3.C2H6ClN.ClH/c1-6-9(8(3)14)7(2)13-5-4-12-11(15)10(6)13;1-4-7(6(3)11)5(2)10-8(4)9(12)13;3-1-2-4;/h4-5H2,1-3H3,(H,12,15);10H,1-3H3,(H,12,13);1-2,4H2;1H. The van der Waals surface area contributed by atoms with Gasteiger partial charge in [-0.1, -0.05) is 0 Å². The third kappa shape index (κ3) is 6.93. The van der Waals surface area contributed by atoms with Crippen molar-refractivity contribution in [2.24, 2.45) is 5.73 Å². The number of rotatable bonds is 4. The van der Waals surface area contributed by atoms with Crippen molar-refractivity contribution in [1.29, 1.82) is 0 Å². The fourth-order valence-electron chi connectivity index (χ4n) is 3.84. The van der Waals surface area contributed by atoms with Gasteiger partial charge < -0.3 is 25.7 Å². The summed E-state index contributed by atoms with van der Waals surface area (Å²) in [7, 11) is 0. The van der Waals surface area contributed by atoms with E-state index in [-0.39, 0.29) is 35.6 Å². The maximum atomic E-state index is 11.7. The molecule has 2 aromatic rings. The number of halogens is 2. The number of carboxylic acids is 1. The minimum atomic E-state index is -1.03. The molecule has 0 radical (unpaired) electrons. The first kappa shape index (κ1) is 30.4. The molecule has 184 valence electrons. The summed E-state index contributed by atoms with van der Waals surface area (Å²) in [5.41, 5.74) is 9.65. The SMILES string of the molecule is CC(=O)c1c(C)[nH]c(C(=O)O)c1C.CC(=O)c1c(C)c2n(c1C)CCNC2=O.Cl.NCCCl. The van der Waals surface area contributed by atoms with Crippen LogP contribution < -0.4 is 11.1 Å². The summed E-state index contributed by atoms with van der Waals surface area (Å²) in [5.74, 6) is -0.624. The van der Waals surface area contributed by atoms with Crippen LogP contribution in [0.15, 0.2) is 0 Å².